The highest BCUT2D eigenvalue weighted by Gasteiger charge is 2.38. The average Bonchev–Trinajstić information content (AvgIpc) is 3.40. The van der Waals surface area contributed by atoms with Gasteiger partial charge in [0, 0.05) is 23.2 Å². The Morgan fingerprint density at radius 2 is 1.96 bits per heavy atom. The SMILES string of the molecule is CCOC(=O)c1ccc(NC2CSC(C(C)=O)=C(C)N2C2CC2)cc1. The van der Waals surface area contributed by atoms with Crippen LogP contribution in [0.5, 0.6) is 0 Å². The number of carbonyl (C=O) groups excluding carboxylic acids is 2. The van der Waals surface area contributed by atoms with E-state index >= 15 is 0 Å². The lowest BCUT2D eigenvalue weighted by Crippen LogP contribution is -2.46. The Bertz CT molecular complexity index is 695. The maximum atomic E-state index is 11.8. The molecular weight excluding hydrogens is 336 g/mol. The molecule has 2 aliphatic rings. The number of nitrogens with zero attached hydrogens (tertiary/aromatic N) is 1. The van der Waals surface area contributed by atoms with Gasteiger partial charge in [0.15, 0.2) is 5.78 Å². The minimum absolute atomic E-state index is 0.144. The van der Waals surface area contributed by atoms with Gasteiger partial charge in [0.25, 0.3) is 0 Å². The first-order chi connectivity index (χ1) is 12.0. The molecule has 5 nitrogen and oxygen atoms in total. The number of hydrogen-bond acceptors (Lipinski definition) is 6. The van der Waals surface area contributed by atoms with Gasteiger partial charge in [0.1, 0.15) is 6.17 Å². The first-order valence-electron chi connectivity index (χ1n) is 8.68. The third-order valence-corrected chi connectivity index (χ3v) is 5.78. The summed E-state index contributed by atoms with van der Waals surface area (Å²) in [5.41, 5.74) is 2.59. The topological polar surface area (TPSA) is 58.6 Å². The molecule has 134 valence electrons. The van der Waals surface area contributed by atoms with Crippen molar-refractivity contribution in [1.29, 1.82) is 0 Å². The molecule has 1 aliphatic carbocycles. The summed E-state index contributed by atoms with van der Waals surface area (Å²) in [4.78, 5) is 26.8. The van der Waals surface area contributed by atoms with Crippen LogP contribution in [-0.4, -0.2) is 41.2 Å². The zero-order chi connectivity index (χ0) is 18.0. The van der Waals surface area contributed by atoms with Crippen LogP contribution in [0, 0.1) is 0 Å². The van der Waals surface area contributed by atoms with Crippen molar-refractivity contribution in [2.45, 2.75) is 45.8 Å². The van der Waals surface area contributed by atoms with Gasteiger partial charge in [0.2, 0.25) is 0 Å². The van der Waals surface area contributed by atoms with Crippen LogP contribution in [0.4, 0.5) is 5.69 Å². The summed E-state index contributed by atoms with van der Waals surface area (Å²) in [6.45, 7) is 5.85. The molecule has 6 heteroatoms. The third kappa shape index (κ3) is 4.00. The monoisotopic (exact) mass is 360 g/mol. The Morgan fingerprint density at radius 1 is 1.28 bits per heavy atom. The lowest BCUT2D eigenvalue weighted by atomic mass is 10.2. The van der Waals surface area contributed by atoms with E-state index in [9.17, 15) is 9.59 Å². The zero-order valence-electron chi connectivity index (χ0n) is 14.9. The number of anilines is 1. The van der Waals surface area contributed by atoms with Crippen molar-refractivity contribution < 1.29 is 14.3 Å². The summed E-state index contributed by atoms with van der Waals surface area (Å²) < 4.78 is 5.01. The van der Waals surface area contributed by atoms with Crippen molar-refractivity contribution >= 4 is 29.2 Å². The second kappa shape index (κ2) is 7.52. The molecule has 0 saturated heterocycles. The van der Waals surface area contributed by atoms with Crippen LogP contribution in [0.15, 0.2) is 34.9 Å². The average molecular weight is 360 g/mol. The van der Waals surface area contributed by atoms with Crippen LogP contribution in [0.25, 0.3) is 0 Å². The number of carbonyl (C=O) groups is 2. The fraction of sp³-hybridized carbons (Fsp3) is 0.474. The highest BCUT2D eigenvalue weighted by Crippen LogP contribution is 2.40. The highest BCUT2D eigenvalue weighted by atomic mass is 32.2. The molecule has 1 heterocycles. The number of esters is 1. The molecule has 1 aromatic carbocycles. The molecule has 0 bridgehead atoms. The molecule has 0 spiro atoms. The van der Waals surface area contributed by atoms with Crippen molar-refractivity contribution in [3.05, 3.63) is 40.4 Å². The lowest BCUT2D eigenvalue weighted by molar-refractivity contribution is -0.113. The number of ketones is 1. The van der Waals surface area contributed by atoms with E-state index in [1.165, 1.54) is 12.8 Å². The summed E-state index contributed by atoms with van der Waals surface area (Å²) in [6.07, 6.45) is 2.49. The molecule has 0 amide bonds. The Morgan fingerprint density at radius 3 is 2.52 bits per heavy atom. The minimum atomic E-state index is -0.299. The summed E-state index contributed by atoms with van der Waals surface area (Å²) in [5.74, 6) is 0.666. The van der Waals surface area contributed by atoms with Gasteiger partial charge in [-0.05, 0) is 57.9 Å². The van der Waals surface area contributed by atoms with Crippen LogP contribution >= 0.6 is 11.8 Å². The second-order valence-corrected chi connectivity index (χ2v) is 7.41. The second-order valence-electron chi connectivity index (χ2n) is 6.38. The molecule has 3 rings (SSSR count). The van der Waals surface area contributed by atoms with Crippen LogP contribution in [0.1, 0.15) is 44.0 Å². The fourth-order valence-electron chi connectivity index (χ4n) is 3.16. The van der Waals surface area contributed by atoms with Crippen molar-refractivity contribution in [2.75, 3.05) is 17.7 Å². The van der Waals surface area contributed by atoms with Gasteiger partial charge in [-0.3, -0.25) is 4.79 Å². The Kier molecular flexibility index (Phi) is 5.37. The van der Waals surface area contributed by atoms with Gasteiger partial charge >= 0.3 is 5.97 Å². The normalized spacial score (nSPS) is 20.4. The van der Waals surface area contributed by atoms with Crippen LogP contribution in [0.3, 0.4) is 0 Å². The van der Waals surface area contributed by atoms with E-state index in [0.29, 0.717) is 18.2 Å². The van der Waals surface area contributed by atoms with Crippen LogP contribution < -0.4 is 5.32 Å². The molecule has 0 aromatic heterocycles. The molecule has 1 atom stereocenters. The first kappa shape index (κ1) is 17.9. The quantitative estimate of drug-likeness (QED) is 0.782. The maximum Gasteiger partial charge on any atom is 0.338 e. The molecule has 1 unspecified atom stereocenters. The Balaban J connectivity index is 1.74. The van der Waals surface area contributed by atoms with E-state index in [0.717, 1.165) is 22.0 Å². The van der Waals surface area contributed by atoms with Crippen molar-refractivity contribution in [1.82, 2.24) is 4.90 Å². The largest absolute Gasteiger partial charge is 0.462 e. The van der Waals surface area contributed by atoms with Gasteiger partial charge < -0.3 is 15.0 Å². The third-order valence-electron chi connectivity index (χ3n) is 4.43. The number of nitrogens with one attached hydrogen (secondary N) is 1. The molecular formula is C19H24N2O3S. The summed E-state index contributed by atoms with van der Waals surface area (Å²) in [7, 11) is 0. The predicted molar refractivity (Wildman–Crippen MR) is 101 cm³/mol. The number of benzene rings is 1. The van der Waals surface area contributed by atoms with E-state index in [1.807, 2.05) is 19.1 Å². The van der Waals surface area contributed by atoms with E-state index in [2.05, 4.69) is 10.2 Å². The fourth-order valence-corrected chi connectivity index (χ4v) is 4.24. The smallest absolute Gasteiger partial charge is 0.338 e. The molecule has 1 fully saturated rings. The molecule has 1 aliphatic heterocycles. The number of rotatable bonds is 6. The first-order valence-corrected chi connectivity index (χ1v) is 9.66. The predicted octanol–water partition coefficient (Wildman–Crippen LogP) is 3.63. The van der Waals surface area contributed by atoms with Gasteiger partial charge in [-0.2, -0.15) is 0 Å². The van der Waals surface area contributed by atoms with Crippen molar-refractivity contribution in [3.63, 3.8) is 0 Å². The molecule has 1 aromatic rings. The van der Waals surface area contributed by atoms with E-state index in [-0.39, 0.29) is 17.9 Å². The zero-order valence-corrected chi connectivity index (χ0v) is 15.7. The van der Waals surface area contributed by atoms with Crippen LogP contribution in [-0.2, 0) is 9.53 Å². The van der Waals surface area contributed by atoms with Crippen molar-refractivity contribution in [3.8, 4) is 0 Å². The van der Waals surface area contributed by atoms with Gasteiger partial charge in [-0.25, -0.2) is 4.79 Å². The Hall–Kier alpha value is -1.95. The summed E-state index contributed by atoms with van der Waals surface area (Å²) in [5, 5.41) is 3.55. The summed E-state index contributed by atoms with van der Waals surface area (Å²) >= 11 is 1.62. The van der Waals surface area contributed by atoms with Crippen LogP contribution in [0.2, 0.25) is 0 Å². The molecule has 25 heavy (non-hydrogen) atoms. The number of Topliss-reactive ketones (excluding diaryl/α,β-unsaturated/α-hetero) is 1. The number of thioether (sulfide) groups is 1. The minimum Gasteiger partial charge on any atom is -0.462 e. The van der Waals surface area contributed by atoms with E-state index < -0.39 is 0 Å². The summed E-state index contributed by atoms with van der Waals surface area (Å²) in [6, 6.07) is 7.89. The van der Waals surface area contributed by atoms with E-state index in [4.69, 9.17) is 4.74 Å². The number of allylic oxidation sites excluding steroid dienone is 2. The highest BCUT2D eigenvalue weighted by molar-refractivity contribution is 8.04. The van der Waals surface area contributed by atoms with Gasteiger partial charge in [-0.15, -0.1) is 11.8 Å². The Labute approximate surface area is 152 Å². The van der Waals surface area contributed by atoms with Gasteiger partial charge in [-0.1, -0.05) is 0 Å². The molecule has 1 saturated carbocycles. The van der Waals surface area contributed by atoms with E-state index in [1.54, 1.807) is 37.7 Å². The number of hydrogen-bond donors (Lipinski definition) is 1. The molecule has 1 N–H and O–H groups in total. The number of ether oxygens (including phenoxy) is 1. The standard InChI is InChI=1S/C19H24N2O3S/c1-4-24-19(23)14-5-7-15(8-6-14)20-17-11-25-18(13(3)22)12(2)21(17)16-9-10-16/h5-8,16-17,20H,4,9-11H2,1-3H3. The van der Waals surface area contributed by atoms with Crippen molar-refractivity contribution in [2.24, 2.45) is 0 Å². The van der Waals surface area contributed by atoms with Gasteiger partial charge in [0.05, 0.1) is 17.1 Å². The lowest BCUT2D eigenvalue weighted by Gasteiger charge is -2.39. The molecule has 0 radical (unpaired) electrons. The maximum absolute atomic E-state index is 11.8.